The lowest BCUT2D eigenvalue weighted by Crippen LogP contribution is -2.55. The standard InChI is InChI=1S/C19H27N3O4/c1-25-17-5-2-16(3-6-17)4-7-18(23)20-8-10-21(11-9-20)19(24)22-12-14-26-15-13-22/h2-3,5-6H,4,7-15H2,1H3. The predicted molar refractivity (Wildman–Crippen MR) is 97.3 cm³/mol. The van der Waals surface area contributed by atoms with Crippen molar-refractivity contribution in [2.45, 2.75) is 12.8 Å². The summed E-state index contributed by atoms with van der Waals surface area (Å²) in [6.45, 7) is 4.94. The van der Waals surface area contributed by atoms with Crippen LogP contribution >= 0.6 is 0 Å². The van der Waals surface area contributed by atoms with Gasteiger partial charge in [-0.3, -0.25) is 4.79 Å². The summed E-state index contributed by atoms with van der Waals surface area (Å²) in [6, 6.07) is 7.88. The van der Waals surface area contributed by atoms with Gasteiger partial charge >= 0.3 is 6.03 Å². The third-order valence-corrected chi connectivity index (χ3v) is 4.97. The topological polar surface area (TPSA) is 62.3 Å². The van der Waals surface area contributed by atoms with Crippen LogP contribution in [0.5, 0.6) is 5.75 Å². The molecule has 0 atom stereocenters. The molecule has 1 aromatic rings. The van der Waals surface area contributed by atoms with Gasteiger partial charge in [-0.1, -0.05) is 12.1 Å². The molecule has 3 rings (SSSR count). The summed E-state index contributed by atoms with van der Waals surface area (Å²) < 4.78 is 10.4. The minimum atomic E-state index is 0.0682. The van der Waals surface area contributed by atoms with E-state index in [4.69, 9.17) is 9.47 Å². The van der Waals surface area contributed by atoms with Crippen LogP contribution in [0.1, 0.15) is 12.0 Å². The van der Waals surface area contributed by atoms with Crippen LogP contribution in [0.4, 0.5) is 4.79 Å². The Balaban J connectivity index is 1.42. The van der Waals surface area contributed by atoms with Crippen LogP contribution in [0.2, 0.25) is 0 Å². The normalized spacial score (nSPS) is 18.0. The highest BCUT2D eigenvalue weighted by atomic mass is 16.5. The number of methoxy groups -OCH3 is 1. The second kappa shape index (κ2) is 8.89. The average molecular weight is 361 g/mol. The first-order chi connectivity index (χ1) is 12.7. The van der Waals surface area contributed by atoms with Gasteiger partial charge < -0.3 is 24.2 Å². The summed E-state index contributed by atoms with van der Waals surface area (Å²) in [4.78, 5) is 30.5. The van der Waals surface area contributed by atoms with Crippen molar-refractivity contribution in [2.75, 3.05) is 59.6 Å². The molecule has 0 aliphatic carbocycles. The Labute approximate surface area is 154 Å². The van der Waals surface area contributed by atoms with Gasteiger partial charge in [-0.25, -0.2) is 4.79 Å². The van der Waals surface area contributed by atoms with Gasteiger partial charge in [0.05, 0.1) is 20.3 Å². The summed E-state index contributed by atoms with van der Waals surface area (Å²) in [7, 11) is 1.64. The van der Waals surface area contributed by atoms with Crippen molar-refractivity contribution >= 4 is 11.9 Å². The lowest BCUT2D eigenvalue weighted by atomic mass is 10.1. The SMILES string of the molecule is COc1ccc(CCC(=O)N2CCN(C(=O)N3CCOCC3)CC2)cc1. The maximum absolute atomic E-state index is 12.5. The van der Waals surface area contributed by atoms with E-state index in [2.05, 4.69) is 0 Å². The van der Waals surface area contributed by atoms with E-state index in [1.807, 2.05) is 39.0 Å². The molecular weight excluding hydrogens is 334 g/mol. The number of carbonyl (C=O) groups excluding carboxylic acids is 2. The maximum atomic E-state index is 12.5. The fraction of sp³-hybridized carbons (Fsp3) is 0.579. The van der Waals surface area contributed by atoms with Crippen molar-refractivity contribution < 1.29 is 19.1 Å². The van der Waals surface area contributed by atoms with Crippen molar-refractivity contribution in [2.24, 2.45) is 0 Å². The number of piperazine rings is 1. The largest absolute Gasteiger partial charge is 0.497 e. The zero-order chi connectivity index (χ0) is 18.4. The number of urea groups is 1. The zero-order valence-corrected chi connectivity index (χ0v) is 15.4. The fourth-order valence-corrected chi connectivity index (χ4v) is 3.30. The Kier molecular flexibility index (Phi) is 6.33. The highest BCUT2D eigenvalue weighted by Crippen LogP contribution is 2.14. The van der Waals surface area contributed by atoms with Gasteiger partial charge in [-0.15, -0.1) is 0 Å². The molecule has 0 unspecified atom stereocenters. The molecule has 2 heterocycles. The minimum absolute atomic E-state index is 0.0682. The second-order valence-electron chi connectivity index (χ2n) is 6.60. The van der Waals surface area contributed by atoms with Gasteiger partial charge in [-0.05, 0) is 24.1 Å². The van der Waals surface area contributed by atoms with Crippen LogP contribution in [-0.2, 0) is 16.0 Å². The van der Waals surface area contributed by atoms with Crippen LogP contribution in [0.3, 0.4) is 0 Å². The van der Waals surface area contributed by atoms with Crippen LogP contribution < -0.4 is 4.74 Å². The third-order valence-electron chi connectivity index (χ3n) is 4.97. The van der Waals surface area contributed by atoms with Gasteiger partial charge in [0.15, 0.2) is 0 Å². The predicted octanol–water partition coefficient (Wildman–Crippen LogP) is 1.22. The molecule has 142 valence electrons. The first-order valence-corrected chi connectivity index (χ1v) is 9.19. The Morgan fingerprint density at radius 3 is 2.12 bits per heavy atom. The van der Waals surface area contributed by atoms with E-state index in [0.29, 0.717) is 58.9 Å². The number of aryl methyl sites for hydroxylation is 1. The third kappa shape index (κ3) is 4.66. The summed E-state index contributed by atoms with van der Waals surface area (Å²) >= 11 is 0. The lowest BCUT2D eigenvalue weighted by Gasteiger charge is -2.38. The lowest BCUT2D eigenvalue weighted by molar-refractivity contribution is -0.132. The molecule has 3 amide bonds. The molecule has 26 heavy (non-hydrogen) atoms. The number of hydrogen-bond acceptors (Lipinski definition) is 4. The Morgan fingerprint density at radius 1 is 0.923 bits per heavy atom. The van der Waals surface area contributed by atoms with Gasteiger partial charge in [-0.2, -0.15) is 0 Å². The monoisotopic (exact) mass is 361 g/mol. The van der Waals surface area contributed by atoms with Crippen LogP contribution in [0.25, 0.3) is 0 Å². The Hall–Kier alpha value is -2.28. The van der Waals surface area contributed by atoms with Crippen LogP contribution in [0.15, 0.2) is 24.3 Å². The van der Waals surface area contributed by atoms with Crippen molar-refractivity contribution in [1.29, 1.82) is 0 Å². The number of ether oxygens (including phenoxy) is 2. The second-order valence-corrected chi connectivity index (χ2v) is 6.60. The molecule has 7 heteroatoms. The van der Waals surface area contributed by atoms with Crippen molar-refractivity contribution in [3.05, 3.63) is 29.8 Å². The van der Waals surface area contributed by atoms with E-state index in [1.165, 1.54) is 0 Å². The molecule has 0 aromatic heterocycles. The molecule has 0 N–H and O–H groups in total. The van der Waals surface area contributed by atoms with Crippen molar-refractivity contribution in [3.8, 4) is 5.75 Å². The summed E-state index contributed by atoms with van der Waals surface area (Å²) in [5, 5.41) is 0. The number of amides is 3. The van der Waals surface area contributed by atoms with Crippen molar-refractivity contribution in [3.63, 3.8) is 0 Å². The van der Waals surface area contributed by atoms with E-state index in [9.17, 15) is 9.59 Å². The quantitative estimate of drug-likeness (QED) is 0.809. The number of hydrogen-bond donors (Lipinski definition) is 0. The molecule has 0 spiro atoms. The zero-order valence-electron chi connectivity index (χ0n) is 15.4. The minimum Gasteiger partial charge on any atom is -0.497 e. The van der Waals surface area contributed by atoms with E-state index < -0.39 is 0 Å². The number of morpholine rings is 1. The molecule has 0 bridgehead atoms. The summed E-state index contributed by atoms with van der Waals surface area (Å²) in [5.41, 5.74) is 1.13. The molecule has 0 saturated carbocycles. The van der Waals surface area contributed by atoms with Gasteiger partial charge in [0.2, 0.25) is 5.91 Å². The average Bonchev–Trinajstić information content (AvgIpc) is 2.72. The fourth-order valence-electron chi connectivity index (χ4n) is 3.30. The number of nitrogens with zero attached hydrogens (tertiary/aromatic N) is 3. The molecular formula is C19H27N3O4. The molecule has 2 saturated heterocycles. The Morgan fingerprint density at radius 2 is 1.50 bits per heavy atom. The van der Waals surface area contributed by atoms with Gasteiger partial charge in [0.25, 0.3) is 0 Å². The van der Waals surface area contributed by atoms with E-state index in [-0.39, 0.29) is 11.9 Å². The first-order valence-electron chi connectivity index (χ1n) is 9.19. The van der Waals surface area contributed by atoms with Crippen LogP contribution in [0, 0.1) is 0 Å². The Bertz CT molecular complexity index is 606. The smallest absolute Gasteiger partial charge is 0.320 e. The molecule has 2 aliphatic heterocycles. The van der Waals surface area contributed by atoms with E-state index in [1.54, 1.807) is 7.11 Å². The van der Waals surface area contributed by atoms with E-state index in [0.717, 1.165) is 17.7 Å². The van der Waals surface area contributed by atoms with Gasteiger partial charge in [0, 0.05) is 45.7 Å². The molecule has 0 radical (unpaired) electrons. The number of benzene rings is 1. The number of rotatable bonds is 4. The van der Waals surface area contributed by atoms with Gasteiger partial charge in [0.1, 0.15) is 5.75 Å². The molecule has 2 aliphatic rings. The first kappa shape index (κ1) is 18.5. The molecule has 7 nitrogen and oxygen atoms in total. The number of carbonyl (C=O) groups is 2. The summed E-state index contributed by atoms with van der Waals surface area (Å²) in [6.07, 6.45) is 1.21. The maximum Gasteiger partial charge on any atom is 0.320 e. The summed E-state index contributed by atoms with van der Waals surface area (Å²) in [5.74, 6) is 0.973. The highest BCUT2D eigenvalue weighted by Gasteiger charge is 2.27. The van der Waals surface area contributed by atoms with E-state index >= 15 is 0 Å². The van der Waals surface area contributed by atoms with Crippen molar-refractivity contribution in [1.82, 2.24) is 14.7 Å². The molecule has 1 aromatic carbocycles. The highest BCUT2D eigenvalue weighted by molar-refractivity contribution is 5.78. The van der Waals surface area contributed by atoms with Crippen LogP contribution in [-0.4, -0.2) is 86.2 Å². The molecule has 2 fully saturated rings.